The largest absolute Gasteiger partial charge is 0.463 e. The first kappa shape index (κ1) is 42.1. The monoisotopic (exact) mass is 647 g/mol. The number of epoxide rings is 1. The summed E-state index contributed by atoms with van der Waals surface area (Å²) in [5.74, 6) is -0.632. The smallest absolute Gasteiger partial charge is 0.305 e. The molecule has 0 aromatic heterocycles. The van der Waals surface area contributed by atoms with Gasteiger partial charge in [0, 0.05) is 12.8 Å². The highest BCUT2D eigenvalue weighted by Crippen LogP contribution is 2.29. The molecule has 6 heteroatoms. The molecule has 0 amide bonds. The van der Waals surface area contributed by atoms with Crippen LogP contribution in [0.5, 0.6) is 0 Å². The molecule has 0 spiro atoms. The predicted molar refractivity (Wildman–Crippen MR) is 191 cm³/mol. The molecule has 2 unspecified atom stereocenters. The number of carbonyl (C=O) groups excluding carboxylic acids is 2. The summed E-state index contributed by atoms with van der Waals surface area (Å²) in [5, 5.41) is 10.00. The number of allylic oxidation sites excluding steroid dienone is 4. The van der Waals surface area contributed by atoms with Crippen molar-refractivity contribution in [3.63, 3.8) is 0 Å². The number of aliphatic hydroxyl groups is 1. The van der Waals surface area contributed by atoms with Crippen LogP contribution in [0.25, 0.3) is 0 Å². The first-order valence-corrected chi connectivity index (χ1v) is 19.2. The van der Waals surface area contributed by atoms with Gasteiger partial charge in [-0.3, -0.25) is 9.59 Å². The van der Waals surface area contributed by atoms with Crippen LogP contribution >= 0.6 is 0 Å². The van der Waals surface area contributed by atoms with E-state index in [9.17, 15) is 14.7 Å². The van der Waals surface area contributed by atoms with Crippen LogP contribution in [-0.2, 0) is 23.8 Å². The molecule has 1 saturated heterocycles. The molecule has 0 aromatic carbocycles. The van der Waals surface area contributed by atoms with E-state index in [1.54, 1.807) is 0 Å². The van der Waals surface area contributed by atoms with E-state index < -0.39 is 6.10 Å². The van der Waals surface area contributed by atoms with E-state index in [-0.39, 0.29) is 25.2 Å². The maximum absolute atomic E-state index is 11.9. The van der Waals surface area contributed by atoms with E-state index in [2.05, 4.69) is 50.3 Å². The predicted octanol–water partition coefficient (Wildman–Crippen LogP) is 10.7. The lowest BCUT2D eigenvalue weighted by Gasteiger charge is -2.12. The summed E-state index contributed by atoms with van der Waals surface area (Å²) < 4.78 is 16.0. The average Bonchev–Trinajstić information content (AvgIpc) is 3.81. The highest BCUT2D eigenvalue weighted by atomic mass is 16.6. The van der Waals surface area contributed by atoms with Gasteiger partial charge in [0.2, 0.25) is 0 Å². The molecule has 3 atom stereocenters. The summed E-state index contributed by atoms with van der Waals surface area (Å²) >= 11 is 0. The van der Waals surface area contributed by atoms with Gasteiger partial charge in [0.1, 0.15) is 19.3 Å². The number of aliphatic hydroxyl groups excluding tert-OH is 1. The maximum atomic E-state index is 11.9. The zero-order valence-electron chi connectivity index (χ0n) is 29.8. The number of esters is 2. The van der Waals surface area contributed by atoms with Crippen LogP contribution in [-0.4, -0.2) is 48.6 Å². The van der Waals surface area contributed by atoms with E-state index in [1.165, 1.54) is 96.3 Å². The number of hydrogen-bond donors (Lipinski definition) is 1. The summed E-state index contributed by atoms with van der Waals surface area (Å²) in [6, 6.07) is 0. The molecule has 0 aliphatic carbocycles. The minimum atomic E-state index is -0.987. The van der Waals surface area contributed by atoms with Crippen molar-refractivity contribution in [3.05, 3.63) is 36.5 Å². The molecule has 1 heterocycles. The van der Waals surface area contributed by atoms with Crippen LogP contribution in [0.3, 0.4) is 0 Å². The number of ether oxygens (including phenoxy) is 3. The Kier molecular flexibility index (Phi) is 29.0. The molecular weight excluding hydrogens is 576 g/mol. The van der Waals surface area contributed by atoms with Crippen LogP contribution in [0.2, 0.25) is 0 Å². The topological polar surface area (TPSA) is 85.4 Å². The van der Waals surface area contributed by atoms with E-state index in [0.717, 1.165) is 44.9 Å². The van der Waals surface area contributed by atoms with Gasteiger partial charge >= 0.3 is 11.9 Å². The van der Waals surface area contributed by atoms with Gasteiger partial charge in [-0.2, -0.15) is 0 Å². The van der Waals surface area contributed by atoms with Crippen molar-refractivity contribution in [2.45, 2.75) is 193 Å². The molecule has 6 nitrogen and oxygen atoms in total. The summed E-state index contributed by atoms with van der Waals surface area (Å²) in [4.78, 5) is 23.9. The van der Waals surface area contributed by atoms with E-state index >= 15 is 0 Å². The van der Waals surface area contributed by atoms with Crippen molar-refractivity contribution in [1.29, 1.82) is 0 Å². The van der Waals surface area contributed by atoms with Crippen molar-refractivity contribution in [3.8, 4) is 0 Å². The second-order valence-electron chi connectivity index (χ2n) is 13.1. The quantitative estimate of drug-likeness (QED) is 0.0330. The fraction of sp³-hybridized carbons (Fsp3) is 0.800. The fourth-order valence-electron chi connectivity index (χ4n) is 5.47. The van der Waals surface area contributed by atoms with Crippen LogP contribution in [0.1, 0.15) is 174 Å². The number of hydrogen-bond acceptors (Lipinski definition) is 6. The molecule has 0 bridgehead atoms. The highest BCUT2D eigenvalue weighted by Gasteiger charge is 2.35. The molecule has 1 aliphatic rings. The Morgan fingerprint density at radius 3 is 1.54 bits per heavy atom. The zero-order valence-corrected chi connectivity index (χ0v) is 29.8. The van der Waals surface area contributed by atoms with E-state index in [0.29, 0.717) is 31.5 Å². The van der Waals surface area contributed by atoms with Gasteiger partial charge in [0.15, 0.2) is 0 Å². The lowest BCUT2D eigenvalue weighted by Crippen LogP contribution is -2.25. The molecule has 0 saturated carbocycles. The molecule has 1 fully saturated rings. The van der Waals surface area contributed by atoms with Crippen LogP contribution in [0, 0.1) is 0 Å². The first-order valence-electron chi connectivity index (χ1n) is 19.2. The Bertz CT molecular complexity index is 804. The molecule has 46 heavy (non-hydrogen) atoms. The second kappa shape index (κ2) is 31.7. The normalized spacial score (nSPS) is 16.9. The Morgan fingerprint density at radius 1 is 0.565 bits per heavy atom. The van der Waals surface area contributed by atoms with Gasteiger partial charge in [-0.15, -0.1) is 0 Å². The summed E-state index contributed by atoms with van der Waals surface area (Å²) in [6.45, 7) is 4.21. The van der Waals surface area contributed by atoms with Gasteiger partial charge in [-0.25, -0.2) is 0 Å². The zero-order chi connectivity index (χ0) is 33.3. The average molecular weight is 647 g/mol. The van der Waals surface area contributed by atoms with Crippen LogP contribution in [0.15, 0.2) is 36.5 Å². The minimum absolute atomic E-state index is 0.134. The highest BCUT2D eigenvalue weighted by molar-refractivity contribution is 5.69. The Hall–Kier alpha value is -1.92. The third kappa shape index (κ3) is 28.3. The standard InChI is InChI=1S/C40H70O6/c1-3-5-7-9-11-12-13-14-15-16-17-20-24-28-32-39(42)44-34-36(41)35-45-40(43)33-29-25-21-18-19-23-27-31-38-37(46-38)30-26-22-10-8-6-4-2/h18,21-23,26-27,36-38,41H,3-17,19-20,24-25,28-35H2,1-2H3/b21-18-,26-22-,27-23-/t36-,37?,38?/m1/s1. The first-order chi connectivity index (χ1) is 22.6. The van der Waals surface area contributed by atoms with Crippen molar-refractivity contribution in [2.75, 3.05) is 13.2 Å². The van der Waals surface area contributed by atoms with Crippen molar-refractivity contribution in [1.82, 2.24) is 0 Å². The van der Waals surface area contributed by atoms with Gasteiger partial charge in [-0.05, 0) is 51.4 Å². The van der Waals surface area contributed by atoms with Gasteiger partial charge in [-0.1, -0.05) is 147 Å². The van der Waals surface area contributed by atoms with Gasteiger partial charge < -0.3 is 19.3 Å². The Balaban J connectivity index is 1.86. The van der Waals surface area contributed by atoms with Gasteiger partial charge in [0.25, 0.3) is 0 Å². The molecule has 0 aromatic rings. The molecular formula is C40H70O6. The molecule has 1 N–H and O–H groups in total. The lowest BCUT2D eigenvalue weighted by molar-refractivity contribution is -0.152. The second-order valence-corrected chi connectivity index (χ2v) is 13.1. The third-order valence-electron chi connectivity index (χ3n) is 8.53. The third-order valence-corrected chi connectivity index (χ3v) is 8.53. The molecule has 266 valence electrons. The number of unbranched alkanes of at least 4 members (excludes halogenated alkanes) is 17. The van der Waals surface area contributed by atoms with Gasteiger partial charge in [0.05, 0.1) is 12.2 Å². The molecule has 1 aliphatic heterocycles. The van der Waals surface area contributed by atoms with Crippen LogP contribution in [0.4, 0.5) is 0 Å². The Morgan fingerprint density at radius 2 is 0.978 bits per heavy atom. The van der Waals surface area contributed by atoms with E-state index in [1.807, 2.05) is 0 Å². The lowest BCUT2D eigenvalue weighted by atomic mass is 10.0. The van der Waals surface area contributed by atoms with Crippen LogP contribution < -0.4 is 0 Å². The van der Waals surface area contributed by atoms with Crippen molar-refractivity contribution < 1.29 is 28.9 Å². The van der Waals surface area contributed by atoms with Crippen molar-refractivity contribution in [2.24, 2.45) is 0 Å². The fourth-order valence-corrected chi connectivity index (χ4v) is 5.47. The van der Waals surface area contributed by atoms with E-state index in [4.69, 9.17) is 14.2 Å². The molecule has 0 radical (unpaired) electrons. The number of carbonyl (C=O) groups is 2. The summed E-state index contributed by atoms with van der Waals surface area (Å²) in [7, 11) is 0. The SMILES string of the molecule is CCCCC/C=C\CC1OC1C/C=C\C/C=C\CCCC(=O)OC[C@H](O)COC(=O)CCCCCCCCCCCCCCCC. The minimum Gasteiger partial charge on any atom is -0.463 e. The number of rotatable bonds is 33. The van der Waals surface area contributed by atoms with Crippen molar-refractivity contribution >= 4 is 11.9 Å². The summed E-state index contributed by atoms with van der Waals surface area (Å²) in [6.07, 6.45) is 40.8. The summed E-state index contributed by atoms with van der Waals surface area (Å²) in [5.41, 5.74) is 0. The Labute approximate surface area is 282 Å². The molecule has 1 rings (SSSR count). The maximum Gasteiger partial charge on any atom is 0.305 e.